The first-order valence-electron chi connectivity index (χ1n) is 9.31. The molecule has 1 aliphatic heterocycles. The molecular weight excluding hydrogens is 342 g/mol. The van der Waals surface area contributed by atoms with Crippen molar-refractivity contribution in [1.82, 2.24) is 10.3 Å². The smallest absolute Gasteiger partial charge is 0.274 e. The Morgan fingerprint density at radius 2 is 1.81 bits per heavy atom. The molecule has 1 atom stereocenters. The number of amides is 2. The Labute approximate surface area is 159 Å². The molecule has 3 rings (SSSR count). The van der Waals surface area contributed by atoms with Gasteiger partial charge in [-0.3, -0.25) is 9.59 Å². The maximum absolute atomic E-state index is 12.4. The number of benzene rings is 1. The van der Waals surface area contributed by atoms with E-state index in [0.29, 0.717) is 18.2 Å². The fraction of sp³-hybridized carbons (Fsp3) is 0.381. The first-order chi connectivity index (χ1) is 13.0. The van der Waals surface area contributed by atoms with Crippen LogP contribution in [0, 0.1) is 0 Å². The Kier molecular flexibility index (Phi) is 6.19. The van der Waals surface area contributed by atoms with Crippen LogP contribution in [0.25, 0.3) is 0 Å². The number of hydrogen-bond acceptors (Lipinski definition) is 4. The number of hydrogen-bond donors (Lipinski definition) is 2. The van der Waals surface area contributed by atoms with Gasteiger partial charge in [-0.1, -0.05) is 32.0 Å². The molecule has 0 spiro atoms. The van der Waals surface area contributed by atoms with E-state index in [1.54, 1.807) is 18.2 Å². The highest BCUT2D eigenvalue weighted by Gasteiger charge is 2.18. The number of nitrogens with zero attached hydrogens (tertiary/aromatic N) is 1. The van der Waals surface area contributed by atoms with E-state index in [1.165, 1.54) is 5.56 Å². The van der Waals surface area contributed by atoms with E-state index in [4.69, 9.17) is 4.74 Å². The second kappa shape index (κ2) is 8.77. The van der Waals surface area contributed by atoms with Crippen molar-refractivity contribution in [3.63, 3.8) is 0 Å². The van der Waals surface area contributed by atoms with Gasteiger partial charge in [0.05, 0.1) is 6.10 Å². The molecule has 6 nitrogen and oxygen atoms in total. The summed E-state index contributed by atoms with van der Waals surface area (Å²) in [6.45, 7) is 5.44. The molecule has 1 aromatic heterocycles. The van der Waals surface area contributed by atoms with Gasteiger partial charge in [0, 0.05) is 18.8 Å². The number of anilines is 1. The molecule has 2 N–H and O–H groups in total. The van der Waals surface area contributed by atoms with Crippen molar-refractivity contribution in [2.75, 3.05) is 18.5 Å². The van der Waals surface area contributed by atoms with Crippen molar-refractivity contribution in [3.05, 3.63) is 59.4 Å². The maximum atomic E-state index is 12.4. The van der Waals surface area contributed by atoms with Gasteiger partial charge in [-0.15, -0.1) is 0 Å². The van der Waals surface area contributed by atoms with Crippen LogP contribution in [0.4, 0.5) is 5.69 Å². The molecule has 1 aromatic carbocycles. The van der Waals surface area contributed by atoms with Crippen molar-refractivity contribution >= 4 is 17.5 Å². The highest BCUT2D eigenvalue weighted by atomic mass is 16.5. The Hall–Kier alpha value is -2.73. The molecule has 1 aliphatic rings. The van der Waals surface area contributed by atoms with E-state index in [9.17, 15) is 9.59 Å². The van der Waals surface area contributed by atoms with Gasteiger partial charge < -0.3 is 15.4 Å². The van der Waals surface area contributed by atoms with Crippen LogP contribution in [0.1, 0.15) is 59.1 Å². The second-order valence-electron chi connectivity index (χ2n) is 6.98. The monoisotopic (exact) mass is 367 g/mol. The predicted octanol–water partition coefficient (Wildman–Crippen LogP) is 3.37. The van der Waals surface area contributed by atoms with E-state index in [0.717, 1.165) is 19.4 Å². The summed E-state index contributed by atoms with van der Waals surface area (Å²) in [7, 11) is 0. The molecule has 0 saturated carbocycles. The number of ether oxygens (including phenoxy) is 1. The number of pyridine rings is 1. The van der Waals surface area contributed by atoms with Crippen LogP contribution in [0.3, 0.4) is 0 Å². The van der Waals surface area contributed by atoms with Crippen LogP contribution in [0.15, 0.2) is 42.5 Å². The highest BCUT2D eigenvalue weighted by molar-refractivity contribution is 6.03. The van der Waals surface area contributed by atoms with Gasteiger partial charge in [0.25, 0.3) is 11.8 Å². The minimum atomic E-state index is -0.346. The first kappa shape index (κ1) is 19.0. The van der Waals surface area contributed by atoms with Gasteiger partial charge in [0.1, 0.15) is 11.4 Å². The van der Waals surface area contributed by atoms with Gasteiger partial charge in [-0.25, -0.2) is 4.98 Å². The average molecular weight is 367 g/mol. The third-order valence-electron chi connectivity index (χ3n) is 4.56. The van der Waals surface area contributed by atoms with E-state index in [2.05, 4.69) is 29.5 Å². The molecule has 2 amide bonds. The maximum Gasteiger partial charge on any atom is 0.274 e. The van der Waals surface area contributed by atoms with Crippen LogP contribution < -0.4 is 10.6 Å². The normalized spacial score (nSPS) is 16.3. The fourth-order valence-corrected chi connectivity index (χ4v) is 2.94. The quantitative estimate of drug-likeness (QED) is 0.820. The van der Waals surface area contributed by atoms with Crippen molar-refractivity contribution in [2.45, 2.75) is 38.7 Å². The summed E-state index contributed by atoms with van der Waals surface area (Å²) >= 11 is 0. The van der Waals surface area contributed by atoms with Crippen molar-refractivity contribution in [2.24, 2.45) is 0 Å². The second-order valence-corrected chi connectivity index (χ2v) is 6.98. The summed E-state index contributed by atoms with van der Waals surface area (Å²) < 4.78 is 5.49. The summed E-state index contributed by atoms with van der Waals surface area (Å²) in [6, 6.07) is 12.6. The number of rotatable bonds is 6. The van der Waals surface area contributed by atoms with Gasteiger partial charge in [0.15, 0.2) is 0 Å². The largest absolute Gasteiger partial charge is 0.376 e. The summed E-state index contributed by atoms with van der Waals surface area (Å²) in [5.41, 5.74) is 2.32. The molecule has 1 fully saturated rings. The lowest BCUT2D eigenvalue weighted by Gasteiger charge is -2.11. The Morgan fingerprint density at radius 1 is 1.11 bits per heavy atom. The summed E-state index contributed by atoms with van der Waals surface area (Å²) in [6.07, 6.45) is 2.03. The molecule has 27 heavy (non-hydrogen) atoms. The van der Waals surface area contributed by atoms with Gasteiger partial charge >= 0.3 is 0 Å². The molecule has 1 unspecified atom stereocenters. The standard InChI is InChI=1S/C21H25N3O3/c1-14(2)15-8-10-16(11-9-15)23-21(26)19-7-3-6-18(24-19)20(25)22-13-17-5-4-12-27-17/h3,6-11,14,17H,4-5,12-13H2,1-2H3,(H,22,25)(H,23,26). The van der Waals surface area contributed by atoms with Crippen LogP contribution in [-0.2, 0) is 4.74 Å². The molecule has 0 aliphatic carbocycles. The topological polar surface area (TPSA) is 80.3 Å². The molecular formula is C21H25N3O3. The summed E-state index contributed by atoms with van der Waals surface area (Å²) in [5, 5.41) is 5.63. The molecule has 2 aromatic rings. The Balaban J connectivity index is 1.61. The predicted molar refractivity (Wildman–Crippen MR) is 104 cm³/mol. The lowest BCUT2D eigenvalue weighted by molar-refractivity contribution is 0.0853. The van der Waals surface area contributed by atoms with E-state index in [-0.39, 0.29) is 29.3 Å². The SMILES string of the molecule is CC(C)c1ccc(NC(=O)c2cccc(C(=O)NCC3CCCO3)n2)cc1. The third-order valence-corrected chi connectivity index (χ3v) is 4.56. The van der Waals surface area contributed by atoms with Gasteiger partial charge in [-0.05, 0) is 48.6 Å². The lowest BCUT2D eigenvalue weighted by atomic mass is 10.0. The average Bonchev–Trinajstić information content (AvgIpc) is 3.20. The van der Waals surface area contributed by atoms with E-state index >= 15 is 0 Å². The zero-order chi connectivity index (χ0) is 19.2. The minimum absolute atomic E-state index is 0.0641. The van der Waals surface area contributed by atoms with Crippen LogP contribution in [0.5, 0.6) is 0 Å². The van der Waals surface area contributed by atoms with E-state index < -0.39 is 0 Å². The summed E-state index contributed by atoms with van der Waals surface area (Å²) in [5.74, 6) is -0.219. The van der Waals surface area contributed by atoms with Crippen molar-refractivity contribution in [1.29, 1.82) is 0 Å². The number of nitrogens with one attached hydrogen (secondary N) is 2. The zero-order valence-corrected chi connectivity index (χ0v) is 15.7. The molecule has 1 saturated heterocycles. The molecule has 0 radical (unpaired) electrons. The Morgan fingerprint density at radius 3 is 2.44 bits per heavy atom. The van der Waals surface area contributed by atoms with Gasteiger partial charge in [0.2, 0.25) is 0 Å². The number of carbonyl (C=O) groups excluding carboxylic acids is 2. The lowest BCUT2D eigenvalue weighted by Crippen LogP contribution is -2.32. The molecule has 142 valence electrons. The molecule has 6 heteroatoms. The third kappa shape index (κ3) is 5.14. The van der Waals surface area contributed by atoms with E-state index in [1.807, 2.05) is 24.3 Å². The first-order valence-corrected chi connectivity index (χ1v) is 9.31. The molecule has 2 heterocycles. The van der Waals surface area contributed by atoms with Crippen LogP contribution >= 0.6 is 0 Å². The van der Waals surface area contributed by atoms with Crippen molar-refractivity contribution in [3.8, 4) is 0 Å². The highest BCUT2D eigenvalue weighted by Crippen LogP contribution is 2.17. The zero-order valence-electron chi connectivity index (χ0n) is 15.7. The number of aromatic nitrogens is 1. The fourth-order valence-electron chi connectivity index (χ4n) is 2.94. The minimum Gasteiger partial charge on any atom is -0.376 e. The number of carbonyl (C=O) groups is 2. The Bertz CT molecular complexity index is 797. The van der Waals surface area contributed by atoms with Crippen LogP contribution in [-0.4, -0.2) is 36.1 Å². The molecule has 0 bridgehead atoms. The van der Waals surface area contributed by atoms with Crippen LogP contribution in [0.2, 0.25) is 0 Å². The van der Waals surface area contributed by atoms with Crippen molar-refractivity contribution < 1.29 is 14.3 Å². The van der Waals surface area contributed by atoms with Gasteiger partial charge in [-0.2, -0.15) is 0 Å². The summed E-state index contributed by atoms with van der Waals surface area (Å²) in [4.78, 5) is 28.9.